The topological polar surface area (TPSA) is 73.6 Å². The highest BCUT2D eigenvalue weighted by Crippen LogP contribution is 2.11. The second kappa shape index (κ2) is 5.77. The first-order chi connectivity index (χ1) is 8.27. The molecular weight excluding hydrogens is 220 g/mol. The van der Waals surface area contributed by atoms with E-state index in [2.05, 4.69) is 5.48 Å². The molecular formula is C12H16N2O3. The van der Waals surface area contributed by atoms with E-state index in [1.54, 1.807) is 0 Å². The normalized spacial score (nSPS) is 23.6. The highest BCUT2D eigenvalue weighted by Gasteiger charge is 2.31. The Labute approximate surface area is 99.8 Å². The van der Waals surface area contributed by atoms with E-state index in [0.717, 1.165) is 5.56 Å². The summed E-state index contributed by atoms with van der Waals surface area (Å²) in [5.41, 5.74) is 9.13. The first kappa shape index (κ1) is 12.0. The third-order valence-corrected chi connectivity index (χ3v) is 2.72. The summed E-state index contributed by atoms with van der Waals surface area (Å²) < 4.78 is 5.11. The van der Waals surface area contributed by atoms with Crippen LogP contribution in [-0.4, -0.2) is 25.2 Å². The average molecular weight is 236 g/mol. The summed E-state index contributed by atoms with van der Waals surface area (Å²) >= 11 is 0. The molecule has 1 amide bonds. The van der Waals surface area contributed by atoms with Crippen LogP contribution in [0.1, 0.15) is 5.56 Å². The number of rotatable bonds is 4. The summed E-state index contributed by atoms with van der Waals surface area (Å²) in [7, 11) is 0. The fourth-order valence-electron chi connectivity index (χ4n) is 1.68. The molecule has 2 unspecified atom stereocenters. The Morgan fingerprint density at radius 1 is 1.41 bits per heavy atom. The summed E-state index contributed by atoms with van der Waals surface area (Å²) in [6.07, 6.45) is 0. The second-order valence-corrected chi connectivity index (χ2v) is 4.05. The number of hydrogen-bond donors (Lipinski definition) is 2. The number of amides is 1. The molecule has 0 spiro atoms. The van der Waals surface area contributed by atoms with Crippen LogP contribution in [0, 0.1) is 5.92 Å². The quantitative estimate of drug-likeness (QED) is 0.733. The van der Waals surface area contributed by atoms with Crippen LogP contribution in [0.3, 0.4) is 0 Å². The minimum atomic E-state index is -0.314. The van der Waals surface area contributed by atoms with Crippen molar-refractivity contribution in [3.8, 4) is 0 Å². The highest BCUT2D eigenvalue weighted by molar-refractivity contribution is 5.78. The summed E-state index contributed by atoms with van der Waals surface area (Å²) in [5, 5.41) is 0. The molecule has 0 radical (unpaired) electrons. The molecule has 2 rings (SSSR count). The number of benzene rings is 1. The molecule has 1 aromatic rings. The maximum absolute atomic E-state index is 11.6. The van der Waals surface area contributed by atoms with Crippen LogP contribution in [0.25, 0.3) is 0 Å². The van der Waals surface area contributed by atoms with Crippen LogP contribution >= 0.6 is 0 Å². The third-order valence-electron chi connectivity index (χ3n) is 2.72. The lowest BCUT2D eigenvalue weighted by molar-refractivity contribution is -0.139. The van der Waals surface area contributed by atoms with Gasteiger partial charge in [0.1, 0.15) is 0 Å². The molecule has 0 aliphatic carbocycles. The number of nitrogens with one attached hydrogen (secondary N) is 1. The maximum Gasteiger partial charge on any atom is 0.250 e. The molecule has 5 nitrogen and oxygen atoms in total. The van der Waals surface area contributed by atoms with Gasteiger partial charge in [-0.25, -0.2) is 5.48 Å². The summed E-state index contributed by atoms with van der Waals surface area (Å²) in [4.78, 5) is 16.8. The van der Waals surface area contributed by atoms with Crippen molar-refractivity contribution in [2.45, 2.75) is 12.6 Å². The van der Waals surface area contributed by atoms with E-state index < -0.39 is 0 Å². The Morgan fingerprint density at radius 2 is 2.18 bits per heavy atom. The average Bonchev–Trinajstić information content (AvgIpc) is 2.77. The Balaban J connectivity index is 1.73. The largest absolute Gasteiger partial charge is 0.379 e. The molecule has 0 bridgehead atoms. The number of carbonyl (C=O) groups excluding carboxylic acids is 1. The Bertz CT molecular complexity index is 369. The molecule has 1 heterocycles. The van der Waals surface area contributed by atoms with Crippen LogP contribution < -0.4 is 11.2 Å². The molecule has 1 fully saturated rings. The molecule has 0 saturated carbocycles. The molecule has 3 N–H and O–H groups in total. The maximum atomic E-state index is 11.6. The molecule has 1 aliphatic heterocycles. The van der Waals surface area contributed by atoms with Crippen LogP contribution in [0.5, 0.6) is 0 Å². The molecule has 0 aromatic heterocycles. The lowest BCUT2D eigenvalue weighted by atomic mass is 10.0. The van der Waals surface area contributed by atoms with Crippen molar-refractivity contribution < 1.29 is 14.4 Å². The van der Waals surface area contributed by atoms with E-state index in [4.69, 9.17) is 15.3 Å². The summed E-state index contributed by atoms with van der Waals surface area (Å²) in [5.74, 6) is -0.531. The van der Waals surface area contributed by atoms with Crippen LogP contribution in [0.15, 0.2) is 30.3 Å². The molecule has 1 saturated heterocycles. The Hall–Kier alpha value is -1.43. The van der Waals surface area contributed by atoms with E-state index in [-0.39, 0.29) is 17.9 Å². The Kier molecular flexibility index (Phi) is 4.08. The van der Waals surface area contributed by atoms with E-state index in [9.17, 15) is 4.79 Å². The fourth-order valence-corrected chi connectivity index (χ4v) is 1.68. The van der Waals surface area contributed by atoms with E-state index in [1.807, 2.05) is 30.3 Å². The smallest absolute Gasteiger partial charge is 0.250 e. The zero-order valence-corrected chi connectivity index (χ0v) is 9.46. The van der Waals surface area contributed by atoms with Gasteiger partial charge >= 0.3 is 0 Å². The molecule has 2 atom stereocenters. The number of ether oxygens (including phenoxy) is 1. The van der Waals surface area contributed by atoms with Crippen molar-refractivity contribution in [1.82, 2.24) is 5.48 Å². The summed E-state index contributed by atoms with van der Waals surface area (Å²) in [6, 6.07) is 9.38. The zero-order chi connectivity index (χ0) is 12.1. The predicted molar refractivity (Wildman–Crippen MR) is 61.7 cm³/mol. The number of hydroxylamine groups is 1. The molecule has 92 valence electrons. The lowest BCUT2D eigenvalue weighted by Crippen LogP contribution is -2.40. The van der Waals surface area contributed by atoms with Gasteiger partial charge in [-0.3, -0.25) is 9.63 Å². The van der Waals surface area contributed by atoms with Crippen LogP contribution in [0.2, 0.25) is 0 Å². The standard InChI is InChI=1S/C12H16N2O3/c13-11-8-16-7-10(11)12(15)14-17-6-9-4-2-1-3-5-9/h1-5,10-11H,6-8,13H2,(H,14,15). The van der Waals surface area contributed by atoms with Gasteiger partial charge in [-0.15, -0.1) is 0 Å². The van der Waals surface area contributed by atoms with Crippen LogP contribution in [0.4, 0.5) is 0 Å². The Morgan fingerprint density at radius 3 is 2.82 bits per heavy atom. The predicted octanol–water partition coefficient (Wildman–Crippen LogP) is 0.208. The molecule has 1 aliphatic rings. The molecule has 17 heavy (non-hydrogen) atoms. The first-order valence-electron chi connectivity index (χ1n) is 5.56. The lowest BCUT2D eigenvalue weighted by Gasteiger charge is -2.13. The molecule has 5 heteroatoms. The number of nitrogens with two attached hydrogens (primary N) is 1. The fraction of sp³-hybridized carbons (Fsp3) is 0.417. The van der Waals surface area contributed by atoms with Gasteiger partial charge in [0.05, 0.1) is 25.7 Å². The van der Waals surface area contributed by atoms with Gasteiger partial charge < -0.3 is 10.5 Å². The number of carbonyl (C=O) groups is 1. The SMILES string of the molecule is NC1COCC1C(=O)NOCc1ccccc1. The van der Waals surface area contributed by atoms with Crippen molar-refractivity contribution in [2.75, 3.05) is 13.2 Å². The van der Waals surface area contributed by atoms with Gasteiger partial charge in [-0.05, 0) is 5.56 Å². The van der Waals surface area contributed by atoms with E-state index in [0.29, 0.717) is 19.8 Å². The van der Waals surface area contributed by atoms with Crippen molar-refractivity contribution in [1.29, 1.82) is 0 Å². The van der Waals surface area contributed by atoms with Crippen molar-refractivity contribution in [3.05, 3.63) is 35.9 Å². The van der Waals surface area contributed by atoms with Gasteiger partial charge in [0.25, 0.3) is 5.91 Å². The van der Waals surface area contributed by atoms with Gasteiger partial charge in [-0.2, -0.15) is 0 Å². The summed E-state index contributed by atoms with van der Waals surface area (Å²) in [6.45, 7) is 1.13. The van der Waals surface area contributed by atoms with Crippen LogP contribution in [-0.2, 0) is 21.0 Å². The monoisotopic (exact) mass is 236 g/mol. The zero-order valence-electron chi connectivity index (χ0n) is 9.46. The first-order valence-corrected chi connectivity index (χ1v) is 5.56. The van der Waals surface area contributed by atoms with Gasteiger partial charge in [0, 0.05) is 6.04 Å². The second-order valence-electron chi connectivity index (χ2n) is 4.05. The highest BCUT2D eigenvalue weighted by atomic mass is 16.7. The minimum Gasteiger partial charge on any atom is -0.379 e. The van der Waals surface area contributed by atoms with Crippen molar-refractivity contribution >= 4 is 5.91 Å². The number of hydrogen-bond acceptors (Lipinski definition) is 4. The van der Waals surface area contributed by atoms with Crippen molar-refractivity contribution in [2.24, 2.45) is 11.7 Å². The minimum absolute atomic E-state index is 0.217. The molecule has 1 aromatic carbocycles. The van der Waals surface area contributed by atoms with E-state index in [1.165, 1.54) is 0 Å². The van der Waals surface area contributed by atoms with Gasteiger partial charge in [0.15, 0.2) is 0 Å². The van der Waals surface area contributed by atoms with E-state index >= 15 is 0 Å². The third kappa shape index (κ3) is 3.26. The van der Waals surface area contributed by atoms with Gasteiger partial charge in [0.2, 0.25) is 0 Å². The van der Waals surface area contributed by atoms with Gasteiger partial charge in [-0.1, -0.05) is 30.3 Å². The van der Waals surface area contributed by atoms with Crippen molar-refractivity contribution in [3.63, 3.8) is 0 Å².